The maximum Gasteiger partial charge on any atom is 0.251 e. The van der Waals surface area contributed by atoms with Crippen LogP contribution < -0.4 is 5.32 Å². The number of benzene rings is 1. The van der Waals surface area contributed by atoms with Crippen molar-refractivity contribution in [2.75, 3.05) is 7.05 Å². The van der Waals surface area contributed by atoms with E-state index in [0.717, 1.165) is 16.7 Å². The molecule has 0 spiro atoms. The molecule has 0 aliphatic carbocycles. The predicted molar refractivity (Wildman–Crippen MR) is 83.4 cm³/mol. The van der Waals surface area contributed by atoms with E-state index in [1.165, 1.54) is 0 Å². The Bertz CT molecular complexity index is 286. The lowest BCUT2D eigenvalue weighted by atomic mass is 10.1. The Morgan fingerprint density at radius 1 is 0.833 bits per heavy atom. The predicted octanol–water partition coefficient (Wildman–Crippen LogP) is 4.74. The molecule has 0 aromatic heterocycles. The second-order valence-corrected chi connectivity index (χ2v) is 2.96. The maximum atomic E-state index is 11.2. The van der Waals surface area contributed by atoms with E-state index >= 15 is 0 Å². The van der Waals surface area contributed by atoms with E-state index < -0.39 is 0 Å². The number of nitrogens with one attached hydrogen (secondary N) is 1. The van der Waals surface area contributed by atoms with Gasteiger partial charge in [-0.25, -0.2) is 0 Å². The Morgan fingerprint density at radius 3 is 1.44 bits per heavy atom. The van der Waals surface area contributed by atoms with Gasteiger partial charge in [0.05, 0.1) is 0 Å². The minimum Gasteiger partial charge on any atom is -0.355 e. The van der Waals surface area contributed by atoms with Gasteiger partial charge in [-0.15, -0.1) is 0 Å². The van der Waals surface area contributed by atoms with Crippen molar-refractivity contribution < 1.29 is 4.79 Å². The van der Waals surface area contributed by atoms with Crippen molar-refractivity contribution in [3.05, 3.63) is 34.9 Å². The van der Waals surface area contributed by atoms with E-state index in [1.807, 2.05) is 73.6 Å². The zero-order valence-electron chi connectivity index (χ0n) is 13.6. The summed E-state index contributed by atoms with van der Waals surface area (Å²) in [6, 6.07) is 5.81. The summed E-state index contributed by atoms with van der Waals surface area (Å²) in [6.45, 7) is 16.0. The van der Waals surface area contributed by atoms with Gasteiger partial charge >= 0.3 is 0 Å². The van der Waals surface area contributed by atoms with Crippen LogP contribution in [0.25, 0.3) is 0 Å². The molecule has 106 valence electrons. The van der Waals surface area contributed by atoms with E-state index in [-0.39, 0.29) is 5.91 Å². The topological polar surface area (TPSA) is 29.1 Å². The van der Waals surface area contributed by atoms with Gasteiger partial charge in [-0.1, -0.05) is 58.7 Å². The number of amides is 1. The highest BCUT2D eigenvalue weighted by atomic mass is 16.1. The van der Waals surface area contributed by atoms with Crippen LogP contribution in [0.5, 0.6) is 0 Å². The SMILES string of the molecule is CC.CC.CC.CNC(=O)c1cc(C)cc(C)c1. The van der Waals surface area contributed by atoms with Crippen LogP contribution in [0.2, 0.25) is 0 Å². The van der Waals surface area contributed by atoms with Gasteiger partial charge in [0, 0.05) is 12.6 Å². The van der Waals surface area contributed by atoms with Crippen molar-refractivity contribution in [2.45, 2.75) is 55.4 Å². The lowest BCUT2D eigenvalue weighted by Crippen LogP contribution is -2.17. The molecule has 0 bridgehead atoms. The van der Waals surface area contributed by atoms with Gasteiger partial charge in [-0.2, -0.15) is 0 Å². The molecule has 0 heterocycles. The van der Waals surface area contributed by atoms with Crippen molar-refractivity contribution in [1.82, 2.24) is 5.32 Å². The van der Waals surface area contributed by atoms with Crippen molar-refractivity contribution in [3.8, 4) is 0 Å². The third-order valence-electron chi connectivity index (χ3n) is 1.71. The van der Waals surface area contributed by atoms with Crippen LogP contribution in [0.3, 0.4) is 0 Å². The first kappa shape index (κ1) is 21.9. The standard InChI is InChI=1S/C10H13NO.3C2H6/c1-7-4-8(2)6-9(5-7)10(12)11-3;3*1-2/h4-6H,1-3H3,(H,11,12);3*1-2H3. The average Bonchev–Trinajstić information content (AvgIpc) is 2.43. The van der Waals surface area contributed by atoms with Gasteiger partial charge in [0.1, 0.15) is 0 Å². The molecule has 0 saturated carbocycles. The maximum absolute atomic E-state index is 11.2. The first-order valence-corrected chi connectivity index (χ1v) is 6.94. The van der Waals surface area contributed by atoms with Crippen LogP contribution >= 0.6 is 0 Å². The minimum absolute atomic E-state index is 0.0261. The number of aryl methyl sites for hydroxylation is 2. The summed E-state index contributed by atoms with van der Waals surface area (Å²) in [6.07, 6.45) is 0. The number of hydrogen-bond acceptors (Lipinski definition) is 1. The molecular weight excluding hydrogens is 222 g/mol. The molecule has 0 unspecified atom stereocenters. The molecule has 1 amide bonds. The summed E-state index contributed by atoms with van der Waals surface area (Å²) in [5.41, 5.74) is 2.97. The smallest absolute Gasteiger partial charge is 0.251 e. The fraction of sp³-hybridized carbons (Fsp3) is 0.562. The lowest BCUT2D eigenvalue weighted by molar-refractivity contribution is 0.0963. The summed E-state index contributed by atoms with van der Waals surface area (Å²) in [5.74, 6) is -0.0261. The van der Waals surface area contributed by atoms with Crippen molar-refractivity contribution in [3.63, 3.8) is 0 Å². The van der Waals surface area contributed by atoms with Crippen LogP contribution in [0.1, 0.15) is 63.0 Å². The van der Waals surface area contributed by atoms with Gasteiger partial charge in [-0.05, 0) is 26.0 Å². The molecule has 2 nitrogen and oxygen atoms in total. The second kappa shape index (κ2) is 15.7. The summed E-state index contributed by atoms with van der Waals surface area (Å²) in [5, 5.41) is 2.60. The van der Waals surface area contributed by atoms with Gasteiger partial charge in [-0.3, -0.25) is 4.79 Å². The molecule has 0 saturated heterocycles. The van der Waals surface area contributed by atoms with Crippen LogP contribution in [-0.4, -0.2) is 13.0 Å². The monoisotopic (exact) mass is 253 g/mol. The van der Waals surface area contributed by atoms with E-state index in [9.17, 15) is 4.79 Å². The zero-order chi connectivity index (χ0) is 15.1. The number of rotatable bonds is 1. The molecule has 0 aliphatic heterocycles. The van der Waals surface area contributed by atoms with E-state index in [1.54, 1.807) is 7.05 Å². The summed E-state index contributed by atoms with van der Waals surface area (Å²) < 4.78 is 0. The quantitative estimate of drug-likeness (QED) is 0.769. The average molecular weight is 253 g/mol. The molecule has 1 aromatic rings. The molecule has 0 fully saturated rings. The Hall–Kier alpha value is -1.31. The molecule has 18 heavy (non-hydrogen) atoms. The fourth-order valence-electron chi connectivity index (χ4n) is 1.25. The molecule has 1 aromatic carbocycles. The minimum atomic E-state index is -0.0261. The Labute approximate surface area is 114 Å². The number of hydrogen-bond donors (Lipinski definition) is 1. The highest BCUT2D eigenvalue weighted by Crippen LogP contribution is 2.08. The first-order valence-electron chi connectivity index (χ1n) is 6.94. The van der Waals surface area contributed by atoms with Crippen LogP contribution in [-0.2, 0) is 0 Å². The van der Waals surface area contributed by atoms with E-state index in [0.29, 0.717) is 0 Å². The highest BCUT2D eigenvalue weighted by molar-refractivity contribution is 5.94. The Balaban J connectivity index is -0.000000328. The van der Waals surface area contributed by atoms with Crippen LogP contribution in [0, 0.1) is 13.8 Å². The first-order chi connectivity index (χ1) is 8.63. The Morgan fingerprint density at radius 2 is 1.17 bits per heavy atom. The summed E-state index contributed by atoms with van der Waals surface area (Å²) >= 11 is 0. The molecule has 0 aliphatic rings. The third kappa shape index (κ3) is 9.88. The normalized spacial score (nSPS) is 7.39. The fourth-order valence-corrected chi connectivity index (χ4v) is 1.25. The molecule has 1 N–H and O–H groups in total. The summed E-state index contributed by atoms with van der Waals surface area (Å²) in [7, 11) is 1.64. The van der Waals surface area contributed by atoms with Gasteiger partial charge in [0.25, 0.3) is 5.91 Å². The van der Waals surface area contributed by atoms with Gasteiger partial charge in [0.2, 0.25) is 0 Å². The number of carbonyl (C=O) groups is 1. The van der Waals surface area contributed by atoms with E-state index in [2.05, 4.69) is 5.32 Å². The molecular formula is C16H31NO. The van der Waals surface area contributed by atoms with Crippen LogP contribution in [0.4, 0.5) is 0 Å². The molecule has 2 heteroatoms. The largest absolute Gasteiger partial charge is 0.355 e. The van der Waals surface area contributed by atoms with Crippen molar-refractivity contribution in [1.29, 1.82) is 0 Å². The van der Waals surface area contributed by atoms with Gasteiger partial charge < -0.3 is 5.32 Å². The Kier molecular flexibility index (Phi) is 19.1. The van der Waals surface area contributed by atoms with Crippen molar-refractivity contribution >= 4 is 5.91 Å². The number of carbonyl (C=O) groups excluding carboxylic acids is 1. The van der Waals surface area contributed by atoms with Crippen LogP contribution in [0.15, 0.2) is 18.2 Å². The molecule has 0 radical (unpaired) electrons. The van der Waals surface area contributed by atoms with E-state index in [4.69, 9.17) is 0 Å². The van der Waals surface area contributed by atoms with Gasteiger partial charge in [0.15, 0.2) is 0 Å². The summed E-state index contributed by atoms with van der Waals surface area (Å²) in [4.78, 5) is 11.2. The molecule has 0 atom stereocenters. The molecule has 1 rings (SSSR count). The third-order valence-corrected chi connectivity index (χ3v) is 1.71. The lowest BCUT2D eigenvalue weighted by Gasteiger charge is -2.02. The van der Waals surface area contributed by atoms with Crippen molar-refractivity contribution in [2.24, 2.45) is 0 Å². The zero-order valence-corrected chi connectivity index (χ0v) is 13.6. The highest BCUT2D eigenvalue weighted by Gasteiger charge is 2.02. The second-order valence-electron chi connectivity index (χ2n) is 2.96.